The number of hydrogen-bond acceptors (Lipinski definition) is 0. The fourth-order valence-electron chi connectivity index (χ4n) is 4.14. The van der Waals surface area contributed by atoms with E-state index >= 15 is 0 Å². The van der Waals surface area contributed by atoms with Crippen molar-refractivity contribution in [2.45, 2.75) is 85.5 Å². The Morgan fingerprint density at radius 3 is 2.08 bits per heavy atom. The minimum absolute atomic E-state index is 0. The summed E-state index contributed by atoms with van der Waals surface area (Å²) in [5, 5.41) is 0. The molecule has 0 fully saturated rings. The van der Waals surface area contributed by atoms with Gasteiger partial charge in [-0.2, -0.15) is 0 Å². The number of fused-ring (bicyclic) bond motifs is 2. The van der Waals surface area contributed by atoms with Crippen LogP contribution in [0.5, 0.6) is 0 Å². The van der Waals surface area contributed by atoms with E-state index < -0.39 is 0 Å². The average Bonchev–Trinajstić information content (AvgIpc) is 3.22. The van der Waals surface area contributed by atoms with E-state index in [2.05, 4.69) is 64.1 Å². The summed E-state index contributed by atoms with van der Waals surface area (Å²) in [7, 11) is 0. The summed E-state index contributed by atoms with van der Waals surface area (Å²) in [4.78, 5) is 0. The molecule has 2 aliphatic carbocycles. The molecule has 0 spiro atoms. The van der Waals surface area contributed by atoms with Gasteiger partial charge in [0.05, 0.1) is 0 Å². The highest BCUT2D eigenvalue weighted by atomic mass is 14.2. The first-order valence-electron chi connectivity index (χ1n) is 9.78. The van der Waals surface area contributed by atoms with Gasteiger partial charge in [0, 0.05) is 0 Å². The van der Waals surface area contributed by atoms with Crippen LogP contribution in [-0.4, -0.2) is 0 Å². The van der Waals surface area contributed by atoms with Crippen LogP contribution >= 0.6 is 0 Å². The van der Waals surface area contributed by atoms with Gasteiger partial charge in [0.15, 0.2) is 0 Å². The summed E-state index contributed by atoms with van der Waals surface area (Å²) < 4.78 is 0. The second kappa shape index (κ2) is 8.70. The van der Waals surface area contributed by atoms with Gasteiger partial charge >= 0.3 is 0 Å². The van der Waals surface area contributed by atoms with Gasteiger partial charge in [-0.3, -0.25) is 0 Å². The van der Waals surface area contributed by atoms with E-state index in [9.17, 15) is 0 Å². The van der Waals surface area contributed by atoms with Crippen molar-refractivity contribution >= 4 is 0 Å². The van der Waals surface area contributed by atoms with E-state index in [-0.39, 0.29) is 7.43 Å². The third-order valence-corrected chi connectivity index (χ3v) is 5.59. The van der Waals surface area contributed by atoms with Crippen LogP contribution in [0.1, 0.15) is 93.2 Å². The molecule has 0 atom stereocenters. The SMILES string of the molecule is C.CC(C)c1ccc2c(c1)CCC2.CC(C)c1cccc2c1CCC2. The Balaban J connectivity index is 0.000000173. The second-order valence-electron chi connectivity index (χ2n) is 8.03. The summed E-state index contributed by atoms with van der Waals surface area (Å²) in [6.07, 6.45) is 7.93. The predicted octanol–water partition coefficient (Wildman–Crippen LogP) is 7.23. The summed E-state index contributed by atoms with van der Waals surface area (Å²) in [6.45, 7) is 9.09. The Morgan fingerprint density at radius 1 is 0.680 bits per heavy atom. The molecule has 2 aromatic rings. The molecule has 0 amide bonds. The van der Waals surface area contributed by atoms with Gasteiger partial charge in [-0.15, -0.1) is 0 Å². The molecule has 0 aromatic heterocycles. The molecule has 25 heavy (non-hydrogen) atoms. The number of rotatable bonds is 2. The number of benzene rings is 2. The summed E-state index contributed by atoms with van der Waals surface area (Å²) in [5.41, 5.74) is 9.50. The molecule has 0 saturated heterocycles. The molecule has 0 nitrogen and oxygen atoms in total. The molecule has 0 heteroatoms. The Kier molecular flexibility index (Phi) is 6.87. The van der Waals surface area contributed by atoms with E-state index in [0.29, 0.717) is 11.8 Å². The lowest BCUT2D eigenvalue weighted by molar-refractivity contribution is 0.838. The maximum Gasteiger partial charge on any atom is -0.0216 e. The van der Waals surface area contributed by atoms with Crippen LogP contribution in [0.25, 0.3) is 0 Å². The lowest BCUT2D eigenvalue weighted by Crippen LogP contribution is -1.94. The van der Waals surface area contributed by atoms with Crippen LogP contribution in [0.4, 0.5) is 0 Å². The largest absolute Gasteiger partial charge is 0.0776 e. The minimum atomic E-state index is 0. The van der Waals surface area contributed by atoms with Crippen LogP contribution < -0.4 is 0 Å². The Bertz CT molecular complexity index is 691. The first kappa shape index (κ1) is 19.8. The van der Waals surface area contributed by atoms with Crippen molar-refractivity contribution in [1.29, 1.82) is 0 Å². The van der Waals surface area contributed by atoms with E-state index in [1.54, 1.807) is 27.8 Å². The van der Waals surface area contributed by atoms with Gasteiger partial charge < -0.3 is 0 Å². The Morgan fingerprint density at radius 2 is 1.36 bits per heavy atom. The van der Waals surface area contributed by atoms with Gasteiger partial charge in [0.1, 0.15) is 0 Å². The fourth-order valence-corrected chi connectivity index (χ4v) is 4.14. The van der Waals surface area contributed by atoms with Crippen molar-refractivity contribution < 1.29 is 0 Å². The van der Waals surface area contributed by atoms with E-state index in [1.165, 1.54) is 44.1 Å². The van der Waals surface area contributed by atoms with E-state index in [0.717, 1.165) is 0 Å². The van der Waals surface area contributed by atoms with Crippen LogP contribution in [0.3, 0.4) is 0 Å². The molecule has 2 aromatic carbocycles. The van der Waals surface area contributed by atoms with Gasteiger partial charge in [0.2, 0.25) is 0 Å². The van der Waals surface area contributed by atoms with Crippen LogP contribution in [0.2, 0.25) is 0 Å². The molecule has 0 N–H and O–H groups in total. The molecule has 0 bridgehead atoms. The van der Waals surface area contributed by atoms with Crippen LogP contribution in [-0.2, 0) is 25.7 Å². The van der Waals surface area contributed by atoms with E-state index in [1.807, 2.05) is 0 Å². The smallest absolute Gasteiger partial charge is 0.0216 e. The molecule has 2 aliphatic rings. The molecule has 0 radical (unpaired) electrons. The maximum atomic E-state index is 2.40. The van der Waals surface area contributed by atoms with Crippen LogP contribution in [0.15, 0.2) is 36.4 Å². The van der Waals surface area contributed by atoms with Crippen molar-refractivity contribution in [3.63, 3.8) is 0 Å². The quantitative estimate of drug-likeness (QED) is 0.542. The van der Waals surface area contributed by atoms with Crippen molar-refractivity contribution in [3.05, 3.63) is 69.8 Å². The molecular weight excluding hydrogens is 300 g/mol. The van der Waals surface area contributed by atoms with Gasteiger partial charge in [-0.1, -0.05) is 71.5 Å². The van der Waals surface area contributed by atoms with Gasteiger partial charge in [-0.05, 0) is 83.7 Å². The summed E-state index contributed by atoms with van der Waals surface area (Å²) in [6, 6.07) is 13.8. The highest BCUT2D eigenvalue weighted by molar-refractivity contribution is 5.40. The molecule has 136 valence electrons. The van der Waals surface area contributed by atoms with Gasteiger partial charge in [0.25, 0.3) is 0 Å². The standard InChI is InChI=1S/2C12H16.CH4/c1-9(2)11-7-3-5-10-6-4-8-12(10)11;1-9(2)11-7-6-10-4-3-5-12(10)8-11;/h3,5,7,9H,4,6,8H2,1-2H3;6-9H,3-5H2,1-2H3;1H4. The van der Waals surface area contributed by atoms with Crippen molar-refractivity contribution in [3.8, 4) is 0 Å². The maximum absolute atomic E-state index is 2.40. The Hall–Kier alpha value is -1.56. The fraction of sp³-hybridized carbons (Fsp3) is 0.520. The van der Waals surface area contributed by atoms with Crippen molar-refractivity contribution in [2.75, 3.05) is 0 Å². The molecule has 0 heterocycles. The first-order valence-corrected chi connectivity index (χ1v) is 9.78. The molecule has 0 unspecified atom stereocenters. The normalized spacial score (nSPS) is 14.6. The lowest BCUT2D eigenvalue weighted by atomic mass is 9.95. The average molecular weight is 337 g/mol. The minimum Gasteiger partial charge on any atom is -0.0776 e. The third kappa shape index (κ3) is 4.54. The monoisotopic (exact) mass is 336 g/mol. The zero-order valence-corrected chi connectivity index (χ0v) is 15.9. The zero-order valence-electron chi connectivity index (χ0n) is 15.9. The highest BCUT2D eigenvalue weighted by Gasteiger charge is 2.15. The number of aryl methyl sites for hydroxylation is 3. The lowest BCUT2D eigenvalue weighted by Gasteiger charge is -2.10. The topological polar surface area (TPSA) is 0 Å². The zero-order chi connectivity index (χ0) is 17.1. The number of hydrogen-bond donors (Lipinski definition) is 0. The van der Waals surface area contributed by atoms with Crippen molar-refractivity contribution in [1.82, 2.24) is 0 Å². The second-order valence-corrected chi connectivity index (χ2v) is 8.03. The highest BCUT2D eigenvalue weighted by Crippen LogP contribution is 2.29. The molecule has 0 aliphatic heterocycles. The summed E-state index contributed by atoms with van der Waals surface area (Å²) in [5.74, 6) is 1.37. The molecule has 0 saturated carbocycles. The van der Waals surface area contributed by atoms with Crippen molar-refractivity contribution in [2.24, 2.45) is 0 Å². The van der Waals surface area contributed by atoms with E-state index in [4.69, 9.17) is 0 Å². The summed E-state index contributed by atoms with van der Waals surface area (Å²) >= 11 is 0. The van der Waals surface area contributed by atoms with Crippen LogP contribution in [0, 0.1) is 0 Å². The first-order chi connectivity index (χ1) is 11.6. The molecule has 4 rings (SSSR count). The predicted molar refractivity (Wildman–Crippen MR) is 112 cm³/mol. The third-order valence-electron chi connectivity index (χ3n) is 5.59. The molecular formula is C25H36. The van der Waals surface area contributed by atoms with Gasteiger partial charge in [-0.25, -0.2) is 0 Å². The Labute approximate surface area is 155 Å².